The van der Waals surface area contributed by atoms with Gasteiger partial charge in [0.2, 0.25) is 0 Å². The van der Waals surface area contributed by atoms with Gasteiger partial charge in [-0.2, -0.15) is 5.10 Å². The first-order valence-electron chi connectivity index (χ1n) is 13.4. The van der Waals surface area contributed by atoms with Gasteiger partial charge in [0.05, 0.1) is 33.5 Å². The van der Waals surface area contributed by atoms with Crippen LogP contribution in [-0.2, 0) is 16.9 Å². The Kier molecular flexibility index (Phi) is 6.13. The second-order valence-electron chi connectivity index (χ2n) is 11.4. The lowest BCUT2D eigenvalue weighted by molar-refractivity contribution is -0.0220. The van der Waals surface area contributed by atoms with Crippen LogP contribution in [0.25, 0.3) is 10.9 Å². The van der Waals surface area contributed by atoms with Crippen molar-refractivity contribution >= 4 is 43.7 Å². The standard InChI is InChI=1S/C28H33F2N5O3S/c1-33-25-19(18-31-33)15-20(16-24(25)35-13-9-28(29,30)10-14-35)32-26(36)22-4-3-21(39(2,37)38)17-23(22)34-11-7-27(5-6-27)8-12-34/h3-4,15-18H,5-14H2,1-2H3,(H,32,36). The molecule has 1 spiro atoms. The molecule has 1 N–H and O–H groups in total. The molecular weight excluding hydrogens is 524 g/mol. The van der Waals surface area contributed by atoms with Crippen molar-refractivity contribution in [2.45, 2.75) is 49.3 Å². The third kappa shape index (κ3) is 5.08. The lowest BCUT2D eigenvalue weighted by atomic mass is 9.93. The summed E-state index contributed by atoms with van der Waals surface area (Å²) in [6.45, 7) is 1.97. The average Bonchev–Trinajstić information content (AvgIpc) is 3.54. The summed E-state index contributed by atoms with van der Waals surface area (Å²) in [6, 6.07) is 8.31. The quantitative estimate of drug-likeness (QED) is 0.483. The van der Waals surface area contributed by atoms with Crippen molar-refractivity contribution in [2.24, 2.45) is 12.5 Å². The fourth-order valence-corrected chi connectivity index (χ4v) is 6.62. The van der Waals surface area contributed by atoms with Crippen molar-refractivity contribution < 1.29 is 22.0 Å². The average molecular weight is 558 g/mol. The van der Waals surface area contributed by atoms with E-state index in [1.807, 2.05) is 24.1 Å². The first-order valence-corrected chi connectivity index (χ1v) is 15.3. The van der Waals surface area contributed by atoms with Crippen molar-refractivity contribution in [3.05, 3.63) is 42.1 Å². The second-order valence-corrected chi connectivity index (χ2v) is 13.5. The predicted octanol–water partition coefficient (Wildman–Crippen LogP) is 4.85. The number of amides is 1. The van der Waals surface area contributed by atoms with Gasteiger partial charge in [0.1, 0.15) is 0 Å². The maximum atomic E-state index is 13.9. The normalized spacial score (nSPS) is 20.4. The van der Waals surface area contributed by atoms with E-state index in [2.05, 4.69) is 15.3 Å². The third-order valence-electron chi connectivity index (χ3n) is 8.67. The Morgan fingerprint density at radius 3 is 2.21 bits per heavy atom. The van der Waals surface area contributed by atoms with E-state index in [0.717, 1.165) is 42.5 Å². The van der Waals surface area contributed by atoms with Crippen LogP contribution < -0.4 is 15.1 Å². The molecule has 2 saturated heterocycles. The number of fused-ring (bicyclic) bond motifs is 1. The van der Waals surface area contributed by atoms with Gasteiger partial charge in [-0.3, -0.25) is 9.48 Å². The number of carbonyl (C=O) groups is 1. The Bertz CT molecular complexity index is 1540. The van der Waals surface area contributed by atoms with Gasteiger partial charge in [0, 0.05) is 63.4 Å². The zero-order valence-electron chi connectivity index (χ0n) is 22.2. The summed E-state index contributed by atoms with van der Waals surface area (Å²) in [5.41, 5.74) is 3.55. The fraction of sp³-hybridized carbons (Fsp3) is 0.500. The molecule has 11 heteroatoms. The number of rotatable bonds is 5. The Morgan fingerprint density at radius 2 is 1.56 bits per heavy atom. The van der Waals surface area contributed by atoms with Gasteiger partial charge in [-0.05, 0) is 61.4 Å². The highest BCUT2D eigenvalue weighted by Gasteiger charge is 2.44. The molecule has 1 aromatic heterocycles. The first kappa shape index (κ1) is 26.0. The van der Waals surface area contributed by atoms with Crippen LogP contribution in [0.15, 0.2) is 41.4 Å². The molecule has 0 atom stereocenters. The minimum absolute atomic E-state index is 0.182. The Labute approximate surface area is 226 Å². The Balaban J connectivity index is 1.32. The summed E-state index contributed by atoms with van der Waals surface area (Å²) in [4.78, 5) is 17.9. The van der Waals surface area contributed by atoms with Crippen molar-refractivity contribution in [3.8, 4) is 0 Å². The number of carbonyl (C=O) groups excluding carboxylic acids is 1. The molecule has 0 bridgehead atoms. The zero-order valence-corrected chi connectivity index (χ0v) is 23.0. The summed E-state index contributed by atoms with van der Waals surface area (Å²) in [7, 11) is -1.64. The van der Waals surface area contributed by atoms with Crippen LogP contribution in [0.5, 0.6) is 0 Å². The number of hydrogen-bond donors (Lipinski definition) is 1. The number of halogens is 2. The Morgan fingerprint density at radius 1 is 0.923 bits per heavy atom. The predicted molar refractivity (Wildman–Crippen MR) is 148 cm³/mol. The molecule has 2 aromatic carbocycles. The largest absolute Gasteiger partial charge is 0.371 e. The summed E-state index contributed by atoms with van der Waals surface area (Å²) >= 11 is 0. The van der Waals surface area contributed by atoms with Gasteiger partial charge in [-0.25, -0.2) is 17.2 Å². The van der Waals surface area contributed by atoms with E-state index in [0.29, 0.717) is 22.4 Å². The van der Waals surface area contributed by atoms with Gasteiger partial charge in [0.25, 0.3) is 11.8 Å². The van der Waals surface area contributed by atoms with Crippen molar-refractivity contribution in [2.75, 3.05) is 47.6 Å². The lowest BCUT2D eigenvalue weighted by Gasteiger charge is -2.35. The number of nitrogens with zero attached hydrogens (tertiary/aromatic N) is 4. The van der Waals surface area contributed by atoms with E-state index in [1.54, 1.807) is 23.0 Å². The van der Waals surface area contributed by atoms with E-state index >= 15 is 0 Å². The van der Waals surface area contributed by atoms with E-state index in [1.165, 1.54) is 25.2 Å². The van der Waals surface area contributed by atoms with Gasteiger partial charge in [0.15, 0.2) is 9.84 Å². The van der Waals surface area contributed by atoms with Crippen molar-refractivity contribution in [1.29, 1.82) is 0 Å². The van der Waals surface area contributed by atoms with Crippen LogP contribution in [0.1, 0.15) is 48.9 Å². The van der Waals surface area contributed by atoms with Gasteiger partial charge < -0.3 is 15.1 Å². The second kappa shape index (κ2) is 9.18. The van der Waals surface area contributed by atoms with Crippen LogP contribution in [0.2, 0.25) is 0 Å². The maximum Gasteiger partial charge on any atom is 0.257 e. The molecule has 1 amide bonds. The summed E-state index contributed by atoms with van der Waals surface area (Å²) in [5, 5.41) is 8.14. The van der Waals surface area contributed by atoms with E-state index < -0.39 is 15.8 Å². The van der Waals surface area contributed by atoms with Gasteiger partial charge in [-0.1, -0.05) is 0 Å². The minimum atomic E-state index is -3.45. The number of aromatic nitrogens is 2. The monoisotopic (exact) mass is 557 g/mol. The van der Waals surface area contributed by atoms with Gasteiger partial charge >= 0.3 is 0 Å². The van der Waals surface area contributed by atoms with E-state index in [4.69, 9.17) is 0 Å². The van der Waals surface area contributed by atoms with Crippen molar-refractivity contribution in [1.82, 2.24) is 9.78 Å². The molecule has 0 radical (unpaired) electrons. The molecule has 3 fully saturated rings. The number of nitrogens with one attached hydrogen (secondary N) is 1. The molecule has 3 heterocycles. The SMILES string of the molecule is Cn1ncc2cc(NC(=O)c3ccc(S(C)(=O)=O)cc3N3CCC4(CC3)CC4)cc(N3CCC(F)(F)CC3)c21. The number of alkyl halides is 2. The number of benzene rings is 2. The minimum Gasteiger partial charge on any atom is -0.371 e. The molecule has 1 saturated carbocycles. The molecule has 6 rings (SSSR count). The number of piperidine rings is 2. The molecule has 0 unspecified atom stereocenters. The molecule has 3 aromatic rings. The molecule has 2 aliphatic heterocycles. The van der Waals surface area contributed by atoms with Crippen LogP contribution in [0, 0.1) is 5.41 Å². The first-order chi connectivity index (χ1) is 18.4. The van der Waals surface area contributed by atoms with Crippen LogP contribution in [0.4, 0.5) is 25.8 Å². The molecule has 1 aliphatic carbocycles. The lowest BCUT2D eigenvalue weighted by Crippen LogP contribution is -2.39. The van der Waals surface area contributed by atoms with Crippen LogP contribution in [-0.4, -0.2) is 62.5 Å². The van der Waals surface area contributed by atoms with E-state index in [9.17, 15) is 22.0 Å². The highest BCUT2D eigenvalue weighted by atomic mass is 32.2. The summed E-state index contributed by atoms with van der Waals surface area (Å²) in [6.07, 6.45) is 6.96. The molecule has 39 heavy (non-hydrogen) atoms. The molecule has 3 aliphatic rings. The molecule has 8 nitrogen and oxygen atoms in total. The number of anilines is 3. The zero-order chi connectivity index (χ0) is 27.6. The number of aryl methyl sites for hydroxylation is 1. The maximum absolute atomic E-state index is 13.9. The summed E-state index contributed by atoms with van der Waals surface area (Å²) < 4.78 is 54.1. The van der Waals surface area contributed by atoms with E-state index in [-0.39, 0.29) is 36.7 Å². The topological polar surface area (TPSA) is 87.5 Å². The number of sulfone groups is 1. The van der Waals surface area contributed by atoms with Crippen LogP contribution >= 0.6 is 0 Å². The highest BCUT2D eigenvalue weighted by molar-refractivity contribution is 7.90. The smallest absolute Gasteiger partial charge is 0.257 e. The summed E-state index contributed by atoms with van der Waals surface area (Å²) in [5.74, 6) is -3.02. The van der Waals surface area contributed by atoms with Gasteiger partial charge in [-0.15, -0.1) is 0 Å². The van der Waals surface area contributed by atoms with Crippen molar-refractivity contribution in [3.63, 3.8) is 0 Å². The number of hydrogen-bond acceptors (Lipinski definition) is 6. The fourth-order valence-electron chi connectivity index (χ4n) is 5.98. The molecule has 208 valence electrons. The highest BCUT2D eigenvalue weighted by Crippen LogP contribution is 2.54. The molecular formula is C28H33F2N5O3S. The Hall–Kier alpha value is -3.21. The van der Waals surface area contributed by atoms with Crippen LogP contribution in [0.3, 0.4) is 0 Å². The third-order valence-corrected chi connectivity index (χ3v) is 9.78.